The molecule has 3 aliphatic rings. The number of rotatable bonds is 7. The molecule has 2 bridgehead atoms. The lowest BCUT2D eigenvalue weighted by atomic mass is 9.84. The standard InChI is InChI=1S/C26H28N4O2S2/c1-15(20-12-16-4-5-17(20)11-16)30-25(23-3-2-10-33-23)28-29-26(30)34-14-22(31)19-6-8-21-18(13-19)7-9-24(32)27-21/h2-3,6,8,10,13,15-17,20H,4-5,7,9,11-12,14H2,1H3,(H,27,32). The van der Waals surface area contributed by atoms with Crippen molar-refractivity contribution in [2.75, 3.05) is 11.1 Å². The van der Waals surface area contributed by atoms with Crippen LogP contribution in [0.2, 0.25) is 0 Å². The number of carbonyl (C=O) groups is 2. The molecule has 1 aromatic carbocycles. The average molecular weight is 493 g/mol. The minimum Gasteiger partial charge on any atom is -0.326 e. The quantitative estimate of drug-likeness (QED) is 0.330. The molecule has 3 aromatic rings. The fraction of sp³-hybridized carbons (Fsp3) is 0.462. The van der Waals surface area contributed by atoms with E-state index in [0.29, 0.717) is 36.1 Å². The maximum Gasteiger partial charge on any atom is 0.224 e. The normalized spacial score (nSPS) is 24.1. The zero-order valence-electron chi connectivity index (χ0n) is 19.2. The summed E-state index contributed by atoms with van der Waals surface area (Å²) in [6.45, 7) is 2.31. The lowest BCUT2D eigenvalue weighted by Gasteiger charge is -2.30. The molecule has 4 atom stereocenters. The van der Waals surface area contributed by atoms with Crippen LogP contribution in [0.3, 0.4) is 0 Å². The van der Waals surface area contributed by atoms with E-state index in [1.807, 2.05) is 18.2 Å². The summed E-state index contributed by atoms with van der Waals surface area (Å²) in [7, 11) is 0. The highest BCUT2D eigenvalue weighted by molar-refractivity contribution is 7.99. The molecule has 176 valence electrons. The molecule has 1 aliphatic heterocycles. The maximum absolute atomic E-state index is 13.1. The highest BCUT2D eigenvalue weighted by Crippen LogP contribution is 2.53. The maximum atomic E-state index is 13.1. The molecule has 0 radical (unpaired) electrons. The van der Waals surface area contributed by atoms with Crippen molar-refractivity contribution in [3.05, 3.63) is 46.8 Å². The first-order valence-corrected chi connectivity index (χ1v) is 14.0. The van der Waals surface area contributed by atoms with E-state index in [1.54, 1.807) is 11.3 Å². The first-order chi connectivity index (χ1) is 16.6. The van der Waals surface area contributed by atoms with Crippen molar-refractivity contribution in [2.24, 2.45) is 17.8 Å². The van der Waals surface area contributed by atoms with Crippen LogP contribution in [0.1, 0.15) is 61.0 Å². The van der Waals surface area contributed by atoms with Crippen LogP contribution in [0, 0.1) is 17.8 Å². The van der Waals surface area contributed by atoms with Gasteiger partial charge < -0.3 is 5.32 Å². The molecular formula is C26H28N4O2S2. The third kappa shape index (κ3) is 4.01. The van der Waals surface area contributed by atoms with Gasteiger partial charge in [0.1, 0.15) is 0 Å². The second-order valence-electron chi connectivity index (χ2n) is 9.86. The third-order valence-electron chi connectivity index (χ3n) is 7.88. The molecule has 2 saturated carbocycles. The van der Waals surface area contributed by atoms with Crippen molar-refractivity contribution < 1.29 is 9.59 Å². The lowest BCUT2D eigenvalue weighted by molar-refractivity contribution is -0.116. The van der Waals surface area contributed by atoms with Crippen molar-refractivity contribution >= 4 is 40.5 Å². The smallest absolute Gasteiger partial charge is 0.224 e. The Kier molecular flexibility index (Phi) is 5.81. The number of aromatic nitrogens is 3. The molecule has 1 amide bonds. The predicted molar refractivity (Wildman–Crippen MR) is 135 cm³/mol. The molecule has 4 unspecified atom stereocenters. The van der Waals surface area contributed by atoms with E-state index in [-0.39, 0.29) is 11.7 Å². The summed E-state index contributed by atoms with van der Waals surface area (Å²) >= 11 is 3.17. The Balaban J connectivity index is 1.23. The fourth-order valence-electron chi connectivity index (χ4n) is 6.16. The van der Waals surface area contributed by atoms with Crippen molar-refractivity contribution in [2.45, 2.75) is 56.6 Å². The molecule has 0 saturated heterocycles. The summed E-state index contributed by atoms with van der Waals surface area (Å²) < 4.78 is 2.30. The molecule has 34 heavy (non-hydrogen) atoms. The molecular weight excluding hydrogens is 464 g/mol. The van der Waals surface area contributed by atoms with Crippen LogP contribution in [-0.2, 0) is 11.2 Å². The van der Waals surface area contributed by atoms with Crippen LogP contribution in [0.25, 0.3) is 10.7 Å². The van der Waals surface area contributed by atoms with E-state index >= 15 is 0 Å². The summed E-state index contributed by atoms with van der Waals surface area (Å²) in [5.41, 5.74) is 2.54. The van der Waals surface area contributed by atoms with E-state index in [0.717, 1.165) is 38.9 Å². The van der Waals surface area contributed by atoms with E-state index in [9.17, 15) is 9.59 Å². The number of thioether (sulfide) groups is 1. The Morgan fingerprint density at radius 3 is 2.91 bits per heavy atom. The first kappa shape index (κ1) is 22.0. The Morgan fingerprint density at radius 1 is 1.24 bits per heavy atom. The molecule has 2 fully saturated rings. The van der Waals surface area contributed by atoms with Crippen LogP contribution in [0.15, 0.2) is 40.9 Å². The molecule has 6 rings (SSSR count). The topological polar surface area (TPSA) is 76.9 Å². The number of carbonyl (C=O) groups excluding carboxylic acids is 2. The molecule has 6 nitrogen and oxygen atoms in total. The van der Waals surface area contributed by atoms with Gasteiger partial charge >= 0.3 is 0 Å². The molecule has 3 heterocycles. The highest BCUT2D eigenvalue weighted by atomic mass is 32.2. The van der Waals surface area contributed by atoms with E-state index < -0.39 is 0 Å². The van der Waals surface area contributed by atoms with E-state index in [4.69, 9.17) is 0 Å². The predicted octanol–water partition coefficient (Wildman–Crippen LogP) is 5.86. The van der Waals surface area contributed by atoms with Gasteiger partial charge in [-0.2, -0.15) is 0 Å². The first-order valence-electron chi connectivity index (χ1n) is 12.1. The van der Waals surface area contributed by atoms with Gasteiger partial charge in [0.2, 0.25) is 5.91 Å². The molecule has 8 heteroatoms. The largest absolute Gasteiger partial charge is 0.326 e. The number of nitrogens with one attached hydrogen (secondary N) is 1. The number of hydrogen-bond acceptors (Lipinski definition) is 6. The van der Waals surface area contributed by atoms with Gasteiger partial charge in [-0.3, -0.25) is 14.2 Å². The van der Waals surface area contributed by atoms with Crippen LogP contribution in [0.5, 0.6) is 0 Å². The number of amides is 1. The summed E-state index contributed by atoms with van der Waals surface area (Å²) in [6, 6.07) is 10.1. The van der Waals surface area contributed by atoms with E-state index in [1.165, 1.54) is 37.4 Å². The molecule has 0 spiro atoms. The Hall–Kier alpha value is -2.45. The molecule has 2 aliphatic carbocycles. The number of anilines is 1. The summed E-state index contributed by atoms with van der Waals surface area (Å²) in [5.74, 6) is 3.68. The number of aryl methyl sites for hydroxylation is 1. The van der Waals surface area contributed by atoms with Crippen molar-refractivity contribution in [3.63, 3.8) is 0 Å². The van der Waals surface area contributed by atoms with Crippen LogP contribution < -0.4 is 5.32 Å². The van der Waals surface area contributed by atoms with Gasteiger partial charge in [-0.05, 0) is 85.6 Å². The zero-order valence-corrected chi connectivity index (χ0v) is 20.8. The number of nitrogens with zero attached hydrogens (tertiary/aromatic N) is 3. The van der Waals surface area contributed by atoms with Crippen LogP contribution >= 0.6 is 23.1 Å². The van der Waals surface area contributed by atoms with Gasteiger partial charge in [0.15, 0.2) is 16.8 Å². The van der Waals surface area contributed by atoms with Gasteiger partial charge in [0.25, 0.3) is 0 Å². The second kappa shape index (κ2) is 8.96. The molecule has 2 aromatic heterocycles. The SMILES string of the molecule is CC(C1CC2CCC1C2)n1c(SCC(=O)c2ccc3c(c2)CCC(=O)N3)nnc1-c1cccs1. The summed E-state index contributed by atoms with van der Waals surface area (Å²) in [5, 5.41) is 14.9. The van der Waals surface area contributed by atoms with Crippen LogP contribution in [0.4, 0.5) is 5.69 Å². The number of benzene rings is 1. The Morgan fingerprint density at radius 2 is 2.15 bits per heavy atom. The third-order valence-corrected chi connectivity index (χ3v) is 9.69. The second-order valence-corrected chi connectivity index (χ2v) is 11.8. The average Bonchev–Trinajstić information content (AvgIpc) is 3.65. The number of fused-ring (bicyclic) bond motifs is 3. The van der Waals surface area contributed by atoms with Gasteiger partial charge in [-0.15, -0.1) is 21.5 Å². The highest BCUT2D eigenvalue weighted by Gasteiger charge is 2.43. The van der Waals surface area contributed by atoms with E-state index in [2.05, 4.69) is 44.5 Å². The number of hydrogen-bond donors (Lipinski definition) is 1. The molecule has 1 N–H and O–H groups in total. The summed E-state index contributed by atoms with van der Waals surface area (Å²) in [4.78, 5) is 25.8. The number of Topliss-reactive ketones (excluding diaryl/α,β-unsaturated/α-hetero) is 1. The van der Waals surface area contributed by atoms with Gasteiger partial charge in [-0.25, -0.2) is 0 Å². The zero-order chi connectivity index (χ0) is 23.2. The fourth-order valence-corrected chi connectivity index (χ4v) is 7.79. The Labute approximate surface area is 207 Å². The monoisotopic (exact) mass is 492 g/mol. The minimum absolute atomic E-state index is 0.0348. The van der Waals surface area contributed by atoms with Crippen molar-refractivity contribution in [3.8, 4) is 10.7 Å². The van der Waals surface area contributed by atoms with Crippen molar-refractivity contribution in [1.29, 1.82) is 0 Å². The van der Waals surface area contributed by atoms with Gasteiger partial charge in [0, 0.05) is 23.7 Å². The van der Waals surface area contributed by atoms with Crippen molar-refractivity contribution in [1.82, 2.24) is 14.8 Å². The van der Waals surface area contributed by atoms with Gasteiger partial charge in [-0.1, -0.05) is 24.2 Å². The van der Waals surface area contributed by atoms with Crippen LogP contribution in [-0.4, -0.2) is 32.2 Å². The Bertz CT molecular complexity index is 1240. The summed E-state index contributed by atoms with van der Waals surface area (Å²) in [6.07, 6.45) is 6.53. The van der Waals surface area contributed by atoms with Gasteiger partial charge in [0.05, 0.1) is 10.6 Å². The lowest BCUT2D eigenvalue weighted by Crippen LogP contribution is -2.23. The number of ketones is 1. The number of thiophene rings is 1. The minimum atomic E-state index is 0.0348.